The van der Waals surface area contributed by atoms with Crippen LogP contribution in [0.1, 0.15) is 31.2 Å². The van der Waals surface area contributed by atoms with Crippen LogP contribution in [0.25, 0.3) is 0 Å². The highest BCUT2D eigenvalue weighted by Crippen LogP contribution is 2.46. The molecule has 3 unspecified atom stereocenters. The summed E-state index contributed by atoms with van der Waals surface area (Å²) < 4.78 is 39.3. The Hall–Kier alpha value is -0.780. The van der Waals surface area contributed by atoms with Gasteiger partial charge >= 0.3 is 6.18 Å². The number of anilines is 1. The molecule has 2 bridgehead atoms. The first kappa shape index (κ1) is 13.2. The second kappa shape index (κ2) is 4.65. The van der Waals surface area contributed by atoms with E-state index in [2.05, 4.69) is 26.2 Å². The second-order valence-electron chi connectivity index (χ2n) is 5.47. The van der Waals surface area contributed by atoms with Crippen molar-refractivity contribution in [2.45, 2.75) is 37.9 Å². The molecule has 1 aromatic rings. The van der Waals surface area contributed by atoms with E-state index >= 15 is 0 Å². The number of fused-ring (bicyclic) bond motifs is 2. The van der Waals surface area contributed by atoms with E-state index in [4.69, 9.17) is 0 Å². The predicted octanol–water partition coefficient (Wildman–Crippen LogP) is 4.46. The fourth-order valence-electron chi connectivity index (χ4n) is 3.37. The maximum atomic E-state index is 13.0. The third kappa shape index (κ3) is 2.59. The second-order valence-corrected chi connectivity index (χ2v) is 6.39. The van der Waals surface area contributed by atoms with Crippen LogP contribution >= 0.6 is 15.9 Å². The van der Waals surface area contributed by atoms with Gasteiger partial charge in [0.25, 0.3) is 0 Å². The summed E-state index contributed by atoms with van der Waals surface area (Å²) in [6, 6.07) is 1.23. The number of nitrogens with zero attached hydrogens (tertiary/aromatic N) is 1. The Morgan fingerprint density at radius 2 is 2.05 bits per heavy atom. The average molecular weight is 335 g/mol. The van der Waals surface area contributed by atoms with Crippen molar-refractivity contribution in [2.24, 2.45) is 11.8 Å². The number of pyridine rings is 1. The van der Waals surface area contributed by atoms with Crippen molar-refractivity contribution >= 4 is 21.7 Å². The summed E-state index contributed by atoms with van der Waals surface area (Å²) in [5.74, 6) is 1.16. The molecular weight excluding hydrogens is 321 g/mol. The first-order valence-electron chi connectivity index (χ1n) is 6.43. The molecule has 0 saturated heterocycles. The molecule has 1 aromatic heterocycles. The molecule has 2 aliphatic carbocycles. The summed E-state index contributed by atoms with van der Waals surface area (Å²) in [7, 11) is 0. The molecule has 19 heavy (non-hydrogen) atoms. The Labute approximate surface area is 117 Å². The van der Waals surface area contributed by atoms with Gasteiger partial charge in [0.2, 0.25) is 0 Å². The molecule has 0 aromatic carbocycles. The molecule has 6 heteroatoms. The largest absolute Gasteiger partial charge is 0.419 e. The Morgan fingerprint density at radius 1 is 1.26 bits per heavy atom. The van der Waals surface area contributed by atoms with Crippen molar-refractivity contribution < 1.29 is 13.2 Å². The van der Waals surface area contributed by atoms with E-state index in [0.717, 1.165) is 25.3 Å². The van der Waals surface area contributed by atoms with E-state index in [1.807, 2.05) is 0 Å². The first-order chi connectivity index (χ1) is 8.93. The molecule has 0 amide bonds. The van der Waals surface area contributed by atoms with Crippen molar-refractivity contribution in [1.82, 2.24) is 4.98 Å². The van der Waals surface area contributed by atoms with Gasteiger partial charge in [0.1, 0.15) is 5.82 Å². The number of rotatable bonds is 2. The van der Waals surface area contributed by atoms with E-state index in [0.29, 0.717) is 16.3 Å². The molecule has 3 rings (SSSR count). The van der Waals surface area contributed by atoms with Crippen LogP contribution in [-0.4, -0.2) is 11.0 Å². The smallest absolute Gasteiger partial charge is 0.367 e. The molecule has 3 atom stereocenters. The lowest BCUT2D eigenvalue weighted by molar-refractivity contribution is -0.137. The average Bonchev–Trinajstić information content (AvgIpc) is 2.92. The van der Waals surface area contributed by atoms with Crippen molar-refractivity contribution in [3.05, 3.63) is 22.3 Å². The molecule has 2 fully saturated rings. The molecule has 0 radical (unpaired) electrons. The lowest BCUT2D eigenvalue weighted by atomic mass is 9.95. The van der Waals surface area contributed by atoms with Crippen molar-refractivity contribution in [3.8, 4) is 0 Å². The summed E-state index contributed by atoms with van der Waals surface area (Å²) in [5, 5.41) is 3.02. The van der Waals surface area contributed by atoms with Crippen LogP contribution in [0.3, 0.4) is 0 Å². The van der Waals surface area contributed by atoms with E-state index in [1.54, 1.807) is 0 Å². The van der Waals surface area contributed by atoms with E-state index in [-0.39, 0.29) is 11.9 Å². The first-order valence-corrected chi connectivity index (χ1v) is 7.22. The highest BCUT2D eigenvalue weighted by Gasteiger charge is 2.41. The van der Waals surface area contributed by atoms with Gasteiger partial charge in [0.15, 0.2) is 0 Å². The quantitative estimate of drug-likeness (QED) is 0.863. The lowest BCUT2D eigenvalue weighted by Crippen LogP contribution is -2.27. The van der Waals surface area contributed by atoms with Gasteiger partial charge in [0.05, 0.1) is 5.56 Å². The van der Waals surface area contributed by atoms with Crippen molar-refractivity contribution in [2.75, 3.05) is 5.32 Å². The zero-order valence-corrected chi connectivity index (χ0v) is 11.8. The van der Waals surface area contributed by atoms with E-state index < -0.39 is 11.7 Å². The number of alkyl halides is 3. The van der Waals surface area contributed by atoms with Crippen molar-refractivity contribution in [1.29, 1.82) is 0 Å². The summed E-state index contributed by atoms with van der Waals surface area (Å²) in [5.41, 5.74) is -0.690. The molecule has 1 N–H and O–H groups in total. The third-order valence-electron chi connectivity index (χ3n) is 4.22. The van der Waals surface area contributed by atoms with E-state index in [9.17, 15) is 13.2 Å². The minimum Gasteiger partial charge on any atom is -0.367 e. The van der Waals surface area contributed by atoms with Crippen LogP contribution in [0.15, 0.2) is 16.7 Å². The molecule has 1 heterocycles. The van der Waals surface area contributed by atoms with Crippen LogP contribution in [0.2, 0.25) is 0 Å². The maximum absolute atomic E-state index is 13.0. The SMILES string of the molecule is FC(F)(F)c1cc(Br)cnc1NC1CC2CCC1C2. The summed E-state index contributed by atoms with van der Waals surface area (Å²) in [6.07, 6.45) is 1.50. The summed E-state index contributed by atoms with van der Waals surface area (Å²) >= 11 is 3.04. The molecule has 104 valence electrons. The lowest BCUT2D eigenvalue weighted by Gasteiger charge is -2.25. The molecule has 2 nitrogen and oxygen atoms in total. The Morgan fingerprint density at radius 3 is 2.63 bits per heavy atom. The van der Waals surface area contributed by atoms with E-state index in [1.165, 1.54) is 12.6 Å². The number of hydrogen-bond donors (Lipinski definition) is 1. The van der Waals surface area contributed by atoms with Gasteiger partial charge in [-0.3, -0.25) is 0 Å². The van der Waals surface area contributed by atoms with Gasteiger partial charge in [-0.05, 0) is 53.1 Å². The van der Waals surface area contributed by atoms with Gasteiger partial charge < -0.3 is 5.32 Å². The predicted molar refractivity (Wildman–Crippen MR) is 69.8 cm³/mol. The Kier molecular flexibility index (Phi) is 3.23. The fraction of sp³-hybridized carbons (Fsp3) is 0.615. The number of aromatic nitrogens is 1. The molecule has 0 spiro atoms. The van der Waals surface area contributed by atoms with Gasteiger partial charge in [0, 0.05) is 16.7 Å². The van der Waals surface area contributed by atoms with Gasteiger partial charge in [-0.2, -0.15) is 13.2 Å². The third-order valence-corrected chi connectivity index (χ3v) is 4.65. The van der Waals surface area contributed by atoms with Crippen LogP contribution in [0, 0.1) is 11.8 Å². The minimum atomic E-state index is -4.38. The zero-order chi connectivity index (χ0) is 13.6. The highest BCUT2D eigenvalue weighted by atomic mass is 79.9. The standard InChI is InChI=1S/C13H14BrF3N2/c14-9-5-10(13(15,16)17)12(18-6-9)19-11-4-7-1-2-8(11)3-7/h5-8,11H,1-4H2,(H,18,19). The normalized spacial score (nSPS) is 29.8. The minimum absolute atomic E-state index is 0.0340. The maximum Gasteiger partial charge on any atom is 0.419 e. The molecule has 2 aliphatic rings. The summed E-state index contributed by atoms with van der Waals surface area (Å²) in [4.78, 5) is 3.91. The Bertz CT molecular complexity index is 489. The van der Waals surface area contributed by atoms with Crippen molar-refractivity contribution in [3.63, 3.8) is 0 Å². The van der Waals surface area contributed by atoms with Crippen LogP contribution in [0.5, 0.6) is 0 Å². The monoisotopic (exact) mass is 334 g/mol. The van der Waals surface area contributed by atoms with Gasteiger partial charge in [-0.15, -0.1) is 0 Å². The number of nitrogens with one attached hydrogen (secondary N) is 1. The zero-order valence-electron chi connectivity index (χ0n) is 10.2. The Balaban J connectivity index is 1.84. The van der Waals surface area contributed by atoms with Gasteiger partial charge in [-0.25, -0.2) is 4.98 Å². The topological polar surface area (TPSA) is 24.9 Å². The highest BCUT2D eigenvalue weighted by molar-refractivity contribution is 9.10. The van der Waals surface area contributed by atoms with Crippen LogP contribution in [0.4, 0.5) is 19.0 Å². The van der Waals surface area contributed by atoms with Crippen LogP contribution < -0.4 is 5.32 Å². The molecule has 0 aliphatic heterocycles. The molecular formula is C13H14BrF3N2. The van der Waals surface area contributed by atoms with Crippen LogP contribution in [-0.2, 0) is 6.18 Å². The number of hydrogen-bond acceptors (Lipinski definition) is 2. The molecule has 2 saturated carbocycles. The number of halogens is 4. The fourth-order valence-corrected chi connectivity index (χ4v) is 3.70. The summed E-state index contributed by atoms with van der Waals surface area (Å²) in [6.45, 7) is 0. The van der Waals surface area contributed by atoms with Gasteiger partial charge in [-0.1, -0.05) is 6.42 Å².